The van der Waals surface area contributed by atoms with E-state index in [-0.39, 0.29) is 0 Å². The maximum Gasteiger partial charge on any atom is 0.140 e. The fraction of sp³-hybridized carbons (Fsp3) is 0.154. The van der Waals surface area contributed by atoms with E-state index in [9.17, 15) is 0 Å². The van der Waals surface area contributed by atoms with Crippen LogP contribution < -0.4 is 11.1 Å². The standard InChI is InChI=1S/C13H14BrN3/c1-9-4-2-3-5-10(9)7-16-13-12(14)6-11(15)8-17-13/h2-6,8H,7,15H2,1H3,(H,16,17). The number of anilines is 2. The molecule has 0 bridgehead atoms. The molecule has 4 heteroatoms. The average Bonchev–Trinajstić information content (AvgIpc) is 2.30. The van der Waals surface area contributed by atoms with Crippen molar-refractivity contribution in [1.29, 1.82) is 0 Å². The van der Waals surface area contributed by atoms with Crippen molar-refractivity contribution in [2.45, 2.75) is 13.5 Å². The van der Waals surface area contributed by atoms with E-state index >= 15 is 0 Å². The monoisotopic (exact) mass is 291 g/mol. The SMILES string of the molecule is Cc1ccccc1CNc1ncc(N)cc1Br. The second-order valence-electron chi connectivity index (χ2n) is 3.88. The quantitative estimate of drug-likeness (QED) is 0.912. The highest BCUT2D eigenvalue weighted by molar-refractivity contribution is 9.10. The van der Waals surface area contributed by atoms with Crippen LogP contribution >= 0.6 is 15.9 Å². The third-order valence-corrected chi connectivity index (χ3v) is 3.17. The van der Waals surface area contributed by atoms with Crippen molar-refractivity contribution in [3.63, 3.8) is 0 Å². The second kappa shape index (κ2) is 5.19. The van der Waals surface area contributed by atoms with E-state index in [0.717, 1.165) is 16.8 Å². The molecular formula is C13H14BrN3. The molecule has 0 atom stereocenters. The van der Waals surface area contributed by atoms with Gasteiger partial charge in [0, 0.05) is 6.54 Å². The molecule has 0 aliphatic carbocycles. The van der Waals surface area contributed by atoms with Crippen LogP contribution in [0.5, 0.6) is 0 Å². The number of nitrogens with two attached hydrogens (primary N) is 1. The van der Waals surface area contributed by atoms with Crippen molar-refractivity contribution in [3.05, 3.63) is 52.1 Å². The first-order valence-electron chi connectivity index (χ1n) is 5.36. The van der Waals surface area contributed by atoms with Gasteiger partial charge in [-0.3, -0.25) is 0 Å². The van der Waals surface area contributed by atoms with Gasteiger partial charge in [0.2, 0.25) is 0 Å². The number of hydrogen-bond donors (Lipinski definition) is 2. The van der Waals surface area contributed by atoms with E-state index in [2.05, 4.69) is 45.3 Å². The summed E-state index contributed by atoms with van der Waals surface area (Å²) in [4.78, 5) is 4.24. The summed E-state index contributed by atoms with van der Waals surface area (Å²) in [6.45, 7) is 2.85. The molecule has 0 unspecified atom stereocenters. The number of benzene rings is 1. The minimum Gasteiger partial charge on any atom is -0.397 e. The van der Waals surface area contributed by atoms with Crippen molar-refractivity contribution >= 4 is 27.4 Å². The van der Waals surface area contributed by atoms with E-state index in [0.29, 0.717) is 5.69 Å². The van der Waals surface area contributed by atoms with Crippen LogP contribution in [0.1, 0.15) is 11.1 Å². The van der Waals surface area contributed by atoms with Gasteiger partial charge in [-0.2, -0.15) is 0 Å². The van der Waals surface area contributed by atoms with Crippen LogP contribution in [0.4, 0.5) is 11.5 Å². The van der Waals surface area contributed by atoms with E-state index < -0.39 is 0 Å². The molecule has 88 valence electrons. The molecule has 1 heterocycles. The van der Waals surface area contributed by atoms with Gasteiger partial charge in [0.25, 0.3) is 0 Å². The van der Waals surface area contributed by atoms with Crippen LogP contribution in [-0.4, -0.2) is 4.98 Å². The lowest BCUT2D eigenvalue weighted by atomic mass is 10.1. The van der Waals surface area contributed by atoms with Gasteiger partial charge in [-0.25, -0.2) is 4.98 Å². The van der Waals surface area contributed by atoms with Gasteiger partial charge >= 0.3 is 0 Å². The lowest BCUT2D eigenvalue weighted by Crippen LogP contribution is -2.03. The van der Waals surface area contributed by atoms with Gasteiger partial charge in [0.1, 0.15) is 5.82 Å². The number of pyridine rings is 1. The Morgan fingerprint density at radius 1 is 1.35 bits per heavy atom. The van der Waals surface area contributed by atoms with Crippen LogP contribution in [0.25, 0.3) is 0 Å². The Hall–Kier alpha value is -1.55. The smallest absolute Gasteiger partial charge is 0.140 e. The molecule has 2 aromatic rings. The summed E-state index contributed by atoms with van der Waals surface area (Å²) in [6, 6.07) is 10.1. The van der Waals surface area contributed by atoms with E-state index in [1.165, 1.54) is 11.1 Å². The molecule has 0 saturated carbocycles. The van der Waals surface area contributed by atoms with Crippen LogP contribution in [0.3, 0.4) is 0 Å². The van der Waals surface area contributed by atoms with Crippen molar-refractivity contribution in [3.8, 4) is 0 Å². The van der Waals surface area contributed by atoms with Crippen LogP contribution in [0, 0.1) is 6.92 Å². The molecule has 0 radical (unpaired) electrons. The van der Waals surface area contributed by atoms with Gasteiger partial charge < -0.3 is 11.1 Å². The van der Waals surface area contributed by atoms with Crippen molar-refractivity contribution in [1.82, 2.24) is 4.98 Å². The summed E-state index contributed by atoms with van der Waals surface area (Å²) in [5.74, 6) is 0.808. The summed E-state index contributed by atoms with van der Waals surface area (Å²) in [6.07, 6.45) is 1.64. The van der Waals surface area contributed by atoms with Gasteiger partial charge in [-0.15, -0.1) is 0 Å². The zero-order chi connectivity index (χ0) is 12.3. The Kier molecular flexibility index (Phi) is 3.64. The Morgan fingerprint density at radius 2 is 2.12 bits per heavy atom. The molecule has 0 fully saturated rings. The van der Waals surface area contributed by atoms with Crippen LogP contribution in [-0.2, 0) is 6.54 Å². The molecular weight excluding hydrogens is 278 g/mol. The van der Waals surface area contributed by atoms with E-state index in [4.69, 9.17) is 5.73 Å². The summed E-state index contributed by atoms with van der Waals surface area (Å²) in [5.41, 5.74) is 8.82. The summed E-state index contributed by atoms with van der Waals surface area (Å²) in [7, 11) is 0. The maximum atomic E-state index is 5.64. The summed E-state index contributed by atoms with van der Waals surface area (Å²) < 4.78 is 0.881. The zero-order valence-corrected chi connectivity index (χ0v) is 11.2. The third-order valence-electron chi connectivity index (χ3n) is 2.57. The number of rotatable bonds is 3. The number of aromatic nitrogens is 1. The highest BCUT2D eigenvalue weighted by Gasteiger charge is 2.02. The Bertz CT molecular complexity index is 526. The molecule has 1 aromatic carbocycles. The van der Waals surface area contributed by atoms with Gasteiger partial charge in [-0.1, -0.05) is 24.3 Å². The highest BCUT2D eigenvalue weighted by atomic mass is 79.9. The minimum absolute atomic E-state index is 0.651. The third kappa shape index (κ3) is 2.97. The molecule has 1 aromatic heterocycles. The van der Waals surface area contributed by atoms with E-state index in [1.54, 1.807) is 6.20 Å². The lowest BCUT2D eigenvalue weighted by Gasteiger charge is -2.09. The molecule has 3 nitrogen and oxygen atoms in total. The fourth-order valence-corrected chi connectivity index (χ4v) is 2.08. The number of nitrogens with one attached hydrogen (secondary N) is 1. The molecule has 0 aliphatic heterocycles. The highest BCUT2D eigenvalue weighted by Crippen LogP contribution is 2.22. The first-order valence-corrected chi connectivity index (χ1v) is 6.15. The largest absolute Gasteiger partial charge is 0.397 e. The molecule has 0 spiro atoms. The second-order valence-corrected chi connectivity index (χ2v) is 4.73. The number of nitrogen functional groups attached to an aromatic ring is 1. The van der Waals surface area contributed by atoms with Crippen molar-refractivity contribution in [2.24, 2.45) is 0 Å². The van der Waals surface area contributed by atoms with Gasteiger partial charge in [0.15, 0.2) is 0 Å². The molecule has 0 amide bonds. The normalized spacial score (nSPS) is 10.2. The van der Waals surface area contributed by atoms with Crippen molar-refractivity contribution < 1.29 is 0 Å². The number of halogens is 1. The predicted molar refractivity (Wildman–Crippen MR) is 74.9 cm³/mol. The molecule has 0 aliphatic rings. The topological polar surface area (TPSA) is 50.9 Å². The average molecular weight is 292 g/mol. The minimum atomic E-state index is 0.651. The predicted octanol–water partition coefficient (Wildman–Crippen LogP) is 3.35. The number of aryl methyl sites for hydroxylation is 1. The van der Waals surface area contributed by atoms with Gasteiger partial charge in [0.05, 0.1) is 16.4 Å². The molecule has 2 rings (SSSR count). The van der Waals surface area contributed by atoms with Gasteiger partial charge in [-0.05, 0) is 40.0 Å². The van der Waals surface area contributed by atoms with Crippen molar-refractivity contribution in [2.75, 3.05) is 11.1 Å². The summed E-state index contributed by atoms with van der Waals surface area (Å²) in [5, 5.41) is 3.28. The Labute approximate surface area is 109 Å². The Balaban J connectivity index is 2.10. The molecule has 0 saturated heterocycles. The first kappa shape index (κ1) is 11.9. The number of hydrogen-bond acceptors (Lipinski definition) is 3. The molecule has 17 heavy (non-hydrogen) atoms. The Morgan fingerprint density at radius 3 is 2.82 bits per heavy atom. The van der Waals surface area contributed by atoms with Crippen LogP contribution in [0.15, 0.2) is 41.0 Å². The molecule has 3 N–H and O–H groups in total. The number of nitrogens with zero attached hydrogens (tertiary/aromatic N) is 1. The van der Waals surface area contributed by atoms with E-state index in [1.807, 2.05) is 18.2 Å². The summed E-state index contributed by atoms with van der Waals surface area (Å²) >= 11 is 3.43. The fourth-order valence-electron chi connectivity index (χ4n) is 1.57. The zero-order valence-electron chi connectivity index (χ0n) is 9.57. The van der Waals surface area contributed by atoms with Crippen LogP contribution in [0.2, 0.25) is 0 Å². The lowest BCUT2D eigenvalue weighted by molar-refractivity contribution is 1.09. The first-order chi connectivity index (χ1) is 8.16. The maximum absolute atomic E-state index is 5.64.